The number of allylic oxidation sites excluding steroid dienone is 1. The summed E-state index contributed by atoms with van der Waals surface area (Å²) in [5, 5.41) is 9.45. The second-order valence-corrected chi connectivity index (χ2v) is 4.54. The normalized spacial score (nSPS) is 22.9. The molecule has 15 heavy (non-hydrogen) atoms. The van der Waals surface area contributed by atoms with Crippen LogP contribution in [0, 0.1) is 5.41 Å². The van der Waals surface area contributed by atoms with Crippen molar-refractivity contribution in [2.75, 3.05) is 13.7 Å². The standard InChI is InChI=1S/C12H16O3/c1-12(2)4-8-6-15-7-10(14-3)11(8)9(12)5-13/h6-7,13H,4-5H2,1-3H3. The van der Waals surface area contributed by atoms with Gasteiger partial charge in [-0.3, -0.25) is 0 Å². The highest BCUT2D eigenvalue weighted by Gasteiger charge is 2.38. The van der Waals surface area contributed by atoms with Gasteiger partial charge < -0.3 is 14.6 Å². The first-order chi connectivity index (χ1) is 7.10. The number of hydrogen-bond donors (Lipinski definition) is 1. The van der Waals surface area contributed by atoms with Crippen molar-refractivity contribution in [1.82, 2.24) is 0 Å². The predicted octanol–water partition coefficient (Wildman–Crippen LogP) is 2.11. The van der Waals surface area contributed by atoms with E-state index in [9.17, 15) is 5.11 Å². The Morgan fingerprint density at radius 2 is 2.20 bits per heavy atom. The molecule has 0 radical (unpaired) electrons. The van der Waals surface area contributed by atoms with Gasteiger partial charge in [-0.1, -0.05) is 13.8 Å². The molecular formula is C12H16O3. The summed E-state index contributed by atoms with van der Waals surface area (Å²) in [4.78, 5) is 0. The number of methoxy groups -OCH3 is 1. The second kappa shape index (κ2) is 3.42. The first-order valence-corrected chi connectivity index (χ1v) is 5.04. The zero-order valence-corrected chi connectivity index (χ0v) is 9.33. The van der Waals surface area contributed by atoms with Crippen molar-refractivity contribution in [3.05, 3.63) is 35.0 Å². The fourth-order valence-corrected chi connectivity index (χ4v) is 2.29. The van der Waals surface area contributed by atoms with Gasteiger partial charge in [0.15, 0.2) is 5.76 Å². The van der Waals surface area contributed by atoms with Crippen LogP contribution in [0.15, 0.2) is 35.0 Å². The number of aliphatic hydroxyl groups excluding tert-OH is 1. The zero-order chi connectivity index (χ0) is 11.1. The SMILES string of the molecule is COC1=COC=C2CC(C)(C)C(CO)=C21. The molecule has 0 spiro atoms. The highest BCUT2D eigenvalue weighted by atomic mass is 16.5. The predicted molar refractivity (Wildman–Crippen MR) is 56.8 cm³/mol. The van der Waals surface area contributed by atoms with Crippen molar-refractivity contribution in [1.29, 1.82) is 0 Å². The minimum Gasteiger partial charge on any atom is -0.493 e. The van der Waals surface area contributed by atoms with Gasteiger partial charge in [-0.25, -0.2) is 0 Å². The Kier molecular flexibility index (Phi) is 2.35. The Hall–Kier alpha value is -1.22. The molecule has 0 fully saturated rings. The van der Waals surface area contributed by atoms with Gasteiger partial charge in [-0.15, -0.1) is 0 Å². The van der Waals surface area contributed by atoms with E-state index in [0.717, 1.165) is 23.1 Å². The van der Waals surface area contributed by atoms with Crippen molar-refractivity contribution in [2.24, 2.45) is 5.41 Å². The molecule has 2 rings (SSSR count). The minimum absolute atomic E-state index is 0.0127. The summed E-state index contributed by atoms with van der Waals surface area (Å²) < 4.78 is 10.5. The van der Waals surface area contributed by atoms with Gasteiger partial charge in [0.25, 0.3) is 0 Å². The van der Waals surface area contributed by atoms with Crippen LogP contribution in [0.1, 0.15) is 20.3 Å². The van der Waals surface area contributed by atoms with Crippen molar-refractivity contribution >= 4 is 0 Å². The molecule has 0 unspecified atom stereocenters. The van der Waals surface area contributed by atoms with Crippen LogP contribution in [0.25, 0.3) is 0 Å². The van der Waals surface area contributed by atoms with Crippen LogP contribution in [0.5, 0.6) is 0 Å². The quantitative estimate of drug-likeness (QED) is 0.755. The van der Waals surface area contributed by atoms with Gasteiger partial charge in [0, 0.05) is 5.57 Å². The van der Waals surface area contributed by atoms with E-state index in [1.54, 1.807) is 19.6 Å². The highest BCUT2D eigenvalue weighted by molar-refractivity contribution is 5.55. The molecule has 0 saturated carbocycles. The lowest BCUT2D eigenvalue weighted by Crippen LogP contribution is -2.13. The minimum atomic E-state index is -0.0127. The summed E-state index contributed by atoms with van der Waals surface area (Å²) in [7, 11) is 1.62. The van der Waals surface area contributed by atoms with Crippen molar-refractivity contribution in [3.63, 3.8) is 0 Å². The lowest BCUT2D eigenvalue weighted by molar-refractivity contribution is 0.262. The third-order valence-electron chi connectivity index (χ3n) is 3.08. The van der Waals surface area contributed by atoms with Crippen LogP contribution in [0.4, 0.5) is 0 Å². The summed E-state index contributed by atoms with van der Waals surface area (Å²) >= 11 is 0. The number of rotatable bonds is 2. The summed E-state index contributed by atoms with van der Waals surface area (Å²) in [5.41, 5.74) is 3.16. The molecule has 0 aromatic carbocycles. The molecule has 0 saturated heterocycles. The van der Waals surface area contributed by atoms with E-state index >= 15 is 0 Å². The molecule has 0 amide bonds. The Bertz CT molecular complexity index is 372. The Morgan fingerprint density at radius 1 is 1.47 bits per heavy atom. The number of fused-ring (bicyclic) bond motifs is 1. The van der Waals surface area contributed by atoms with E-state index < -0.39 is 0 Å². The van der Waals surface area contributed by atoms with Crippen LogP contribution >= 0.6 is 0 Å². The van der Waals surface area contributed by atoms with Crippen LogP contribution in [-0.4, -0.2) is 18.8 Å². The van der Waals surface area contributed by atoms with Crippen LogP contribution in [0.3, 0.4) is 0 Å². The van der Waals surface area contributed by atoms with Gasteiger partial charge in [-0.05, 0) is 23.0 Å². The maximum absolute atomic E-state index is 9.45. The monoisotopic (exact) mass is 208 g/mol. The number of aliphatic hydroxyl groups is 1. The average Bonchev–Trinajstić information content (AvgIpc) is 2.46. The van der Waals surface area contributed by atoms with Gasteiger partial charge in [0.1, 0.15) is 6.26 Å². The molecule has 0 aromatic heterocycles. The lowest BCUT2D eigenvalue weighted by Gasteiger charge is -2.20. The van der Waals surface area contributed by atoms with Gasteiger partial charge >= 0.3 is 0 Å². The van der Waals surface area contributed by atoms with Crippen molar-refractivity contribution in [2.45, 2.75) is 20.3 Å². The highest BCUT2D eigenvalue weighted by Crippen LogP contribution is 2.48. The average molecular weight is 208 g/mol. The van der Waals surface area contributed by atoms with E-state index in [1.807, 2.05) is 0 Å². The van der Waals surface area contributed by atoms with Gasteiger partial charge in [-0.2, -0.15) is 0 Å². The summed E-state index contributed by atoms with van der Waals surface area (Å²) in [6, 6.07) is 0. The lowest BCUT2D eigenvalue weighted by atomic mass is 9.85. The third kappa shape index (κ3) is 1.47. The Morgan fingerprint density at radius 3 is 2.80 bits per heavy atom. The molecule has 1 aliphatic carbocycles. The first kappa shape index (κ1) is 10.3. The number of hydrogen-bond acceptors (Lipinski definition) is 3. The van der Waals surface area contributed by atoms with Gasteiger partial charge in [0.05, 0.1) is 20.0 Å². The van der Waals surface area contributed by atoms with E-state index in [0.29, 0.717) is 5.76 Å². The van der Waals surface area contributed by atoms with Crippen LogP contribution < -0.4 is 0 Å². The van der Waals surface area contributed by atoms with Gasteiger partial charge in [0.2, 0.25) is 0 Å². The number of ether oxygens (including phenoxy) is 2. The zero-order valence-electron chi connectivity index (χ0n) is 9.33. The van der Waals surface area contributed by atoms with E-state index in [-0.39, 0.29) is 12.0 Å². The Balaban J connectivity index is 2.53. The fraction of sp³-hybridized carbons (Fsp3) is 0.500. The summed E-state index contributed by atoms with van der Waals surface area (Å²) in [6.07, 6.45) is 4.21. The molecule has 0 aromatic rings. The maximum Gasteiger partial charge on any atom is 0.161 e. The first-order valence-electron chi connectivity index (χ1n) is 5.04. The van der Waals surface area contributed by atoms with Crippen molar-refractivity contribution in [3.8, 4) is 0 Å². The smallest absolute Gasteiger partial charge is 0.161 e. The molecule has 82 valence electrons. The molecule has 0 atom stereocenters. The molecule has 1 heterocycles. The molecular weight excluding hydrogens is 192 g/mol. The summed E-state index contributed by atoms with van der Waals surface area (Å²) in [6.45, 7) is 4.32. The topological polar surface area (TPSA) is 38.7 Å². The summed E-state index contributed by atoms with van der Waals surface area (Å²) in [5.74, 6) is 0.710. The van der Waals surface area contributed by atoms with E-state index in [2.05, 4.69) is 13.8 Å². The molecule has 1 aliphatic heterocycles. The van der Waals surface area contributed by atoms with Crippen LogP contribution in [0.2, 0.25) is 0 Å². The largest absolute Gasteiger partial charge is 0.493 e. The maximum atomic E-state index is 9.45. The molecule has 2 aliphatic rings. The van der Waals surface area contributed by atoms with E-state index in [1.165, 1.54) is 0 Å². The molecule has 3 heteroatoms. The fourth-order valence-electron chi connectivity index (χ4n) is 2.29. The van der Waals surface area contributed by atoms with Crippen molar-refractivity contribution < 1.29 is 14.6 Å². The second-order valence-electron chi connectivity index (χ2n) is 4.54. The molecule has 3 nitrogen and oxygen atoms in total. The van der Waals surface area contributed by atoms with Crippen LogP contribution in [-0.2, 0) is 9.47 Å². The third-order valence-corrected chi connectivity index (χ3v) is 3.08. The molecule has 0 bridgehead atoms. The van der Waals surface area contributed by atoms with E-state index in [4.69, 9.17) is 9.47 Å². The molecule has 1 N–H and O–H groups in total. The Labute approximate surface area is 89.7 Å².